The van der Waals surface area contributed by atoms with Gasteiger partial charge < -0.3 is 23.9 Å². The molecule has 1 fully saturated rings. The number of amides is 1. The second-order valence-electron chi connectivity index (χ2n) is 6.93. The van der Waals surface area contributed by atoms with Gasteiger partial charge in [-0.15, -0.1) is 0 Å². The largest absolute Gasteiger partial charge is 0.495 e. The van der Waals surface area contributed by atoms with Crippen LogP contribution in [0.3, 0.4) is 0 Å². The molecule has 1 N–H and O–H groups in total. The summed E-state index contributed by atoms with van der Waals surface area (Å²) in [5, 5.41) is 0. The summed E-state index contributed by atoms with van der Waals surface area (Å²) in [5.74, 6) is 0.834. The van der Waals surface area contributed by atoms with Crippen molar-refractivity contribution < 1.29 is 13.9 Å². The van der Waals surface area contributed by atoms with Gasteiger partial charge in [-0.1, -0.05) is 12.1 Å². The van der Waals surface area contributed by atoms with Crippen LogP contribution in [-0.2, 0) is 6.54 Å². The molecule has 30 heavy (non-hydrogen) atoms. The zero-order valence-corrected chi connectivity index (χ0v) is 16.5. The Bertz CT molecular complexity index is 1140. The Balaban J connectivity index is 1.51. The van der Waals surface area contributed by atoms with Crippen LogP contribution in [0.5, 0.6) is 5.75 Å². The van der Waals surface area contributed by atoms with Crippen LogP contribution in [-0.4, -0.2) is 53.6 Å². The third-order valence-corrected chi connectivity index (χ3v) is 5.18. The van der Waals surface area contributed by atoms with Crippen molar-refractivity contribution in [2.24, 2.45) is 0 Å². The number of furan rings is 1. The number of ether oxygens (including phenoxy) is 1. The van der Waals surface area contributed by atoms with Gasteiger partial charge >= 0.3 is 5.69 Å². The number of H-pyrrole nitrogens is 1. The predicted octanol–water partition coefficient (Wildman–Crippen LogP) is 1.15. The van der Waals surface area contributed by atoms with Gasteiger partial charge in [0.15, 0.2) is 0 Å². The second kappa shape index (κ2) is 8.32. The zero-order chi connectivity index (χ0) is 21.1. The maximum Gasteiger partial charge on any atom is 0.328 e. The minimum atomic E-state index is -0.632. The molecule has 0 radical (unpaired) electrons. The molecule has 1 aliphatic rings. The average Bonchev–Trinajstić information content (AvgIpc) is 3.30. The van der Waals surface area contributed by atoms with Crippen molar-refractivity contribution in [1.82, 2.24) is 14.5 Å². The number of carbonyl (C=O) groups excluding carboxylic acids is 1. The van der Waals surface area contributed by atoms with Gasteiger partial charge in [-0.3, -0.25) is 14.2 Å². The van der Waals surface area contributed by atoms with E-state index < -0.39 is 17.2 Å². The fourth-order valence-corrected chi connectivity index (χ4v) is 3.58. The molecule has 0 spiro atoms. The minimum Gasteiger partial charge on any atom is -0.495 e. The Morgan fingerprint density at radius 3 is 2.57 bits per heavy atom. The summed E-state index contributed by atoms with van der Waals surface area (Å²) >= 11 is 0. The van der Waals surface area contributed by atoms with Gasteiger partial charge in [0, 0.05) is 32.4 Å². The number of hydrogen-bond donors (Lipinski definition) is 1. The molecule has 0 atom stereocenters. The molecular weight excluding hydrogens is 388 g/mol. The molecule has 0 bridgehead atoms. The van der Waals surface area contributed by atoms with Crippen LogP contribution in [0, 0.1) is 0 Å². The molecule has 2 aromatic heterocycles. The van der Waals surface area contributed by atoms with Gasteiger partial charge in [0.2, 0.25) is 0 Å². The summed E-state index contributed by atoms with van der Waals surface area (Å²) in [4.78, 5) is 44.1. The van der Waals surface area contributed by atoms with E-state index in [-0.39, 0.29) is 12.1 Å². The summed E-state index contributed by atoms with van der Waals surface area (Å²) in [6.07, 6.45) is 2.66. The van der Waals surface area contributed by atoms with Crippen LogP contribution < -0.4 is 20.9 Å². The lowest BCUT2D eigenvalue weighted by Crippen LogP contribution is -2.50. The average molecular weight is 410 g/mol. The highest BCUT2D eigenvalue weighted by molar-refractivity contribution is 5.93. The van der Waals surface area contributed by atoms with E-state index in [2.05, 4.69) is 9.88 Å². The lowest BCUT2D eigenvalue weighted by atomic mass is 10.2. The third kappa shape index (κ3) is 3.73. The Labute approximate surface area is 172 Å². The molecule has 0 saturated carbocycles. The van der Waals surface area contributed by atoms with Crippen LogP contribution in [0.25, 0.3) is 0 Å². The highest BCUT2D eigenvalue weighted by Crippen LogP contribution is 2.28. The van der Waals surface area contributed by atoms with Gasteiger partial charge in [0.1, 0.15) is 17.1 Å². The van der Waals surface area contributed by atoms with E-state index in [9.17, 15) is 14.4 Å². The summed E-state index contributed by atoms with van der Waals surface area (Å²) < 4.78 is 11.6. The number of benzene rings is 1. The molecule has 0 aliphatic carbocycles. The van der Waals surface area contributed by atoms with Crippen molar-refractivity contribution >= 4 is 11.6 Å². The molecular formula is C21H22N4O5. The van der Waals surface area contributed by atoms with Gasteiger partial charge in [-0.2, -0.15) is 0 Å². The first kappa shape index (κ1) is 19.6. The van der Waals surface area contributed by atoms with Crippen LogP contribution in [0.2, 0.25) is 0 Å². The maximum absolute atomic E-state index is 13.0. The second-order valence-corrected chi connectivity index (χ2v) is 6.93. The summed E-state index contributed by atoms with van der Waals surface area (Å²) in [7, 11) is 1.63. The lowest BCUT2D eigenvalue weighted by Gasteiger charge is -2.36. The molecule has 0 unspecified atom stereocenters. The number of piperazine rings is 1. The van der Waals surface area contributed by atoms with Crippen molar-refractivity contribution in [3.63, 3.8) is 0 Å². The number of aromatic nitrogens is 2. The molecule has 1 aromatic carbocycles. The molecule has 156 valence electrons. The summed E-state index contributed by atoms with van der Waals surface area (Å²) in [5.41, 5.74) is -0.315. The number of carbonyl (C=O) groups is 1. The van der Waals surface area contributed by atoms with Crippen molar-refractivity contribution in [2.75, 3.05) is 38.2 Å². The molecule has 1 amide bonds. The van der Waals surface area contributed by atoms with Gasteiger partial charge in [0.25, 0.3) is 11.5 Å². The number of hydrogen-bond acceptors (Lipinski definition) is 6. The highest BCUT2D eigenvalue weighted by atomic mass is 16.5. The SMILES string of the molecule is COc1ccccc1N1CCN(C(=O)c2c[nH]c(=O)n(Cc3ccco3)c2=O)CC1. The number of nitrogens with one attached hydrogen (secondary N) is 1. The number of para-hydroxylation sites is 2. The van der Waals surface area contributed by atoms with Gasteiger partial charge in [0.05, 0.1) is 25.6 Å². The number of rotatable bonds is 5. The summed E-state index contributed by atoms with van der Waals surface area (Å²) in [6, 6.07) is 11.1. The van der Waals surface area contributed by atoms with Crippen molar-refractivity contribution in [1.29, 1.82) is 0 Å². The monoisotopic (exact) mass is 410 g/mol. The molecule has 9 heteroatoms. The predicted molar refractivity (Wildman–Crippen MR) is 110 cm³/mol. The molecule has 9 nitrogen and oxygen atoms in total. The van der Waals surface area contributed by atoms with E-state index in [0.717, 1.165) is 16.0 Å². The molecule has 1 saturated heterocycles. The van der Waals surface area contributed by atoms with E-state index in [1.165, 1.54) is 12.5 Å². The Morgan fingerprint density at radius 2 is 1.87 bits per heavy atom. The van der Waals surface area contributed by atoms with E-state index in [1.807, 2.05) is 24.3 Å². The van der Waals surface area contributed by atoms with Gasteiger partial charge in [-0.05, 0) is 24.3 Å². The standard InChI is InChI=1S/C21H22N4O5/c1-29-18-7-3-2-6-17(18)23-8-10-24(11-9-23)19(26)16-13-22-21(28)25(20(16)27)14-15-5-4-12-30-15/h2-7,12-13H,8-11,14H2,1H3,(H,22,28). The first-order valence-electron chi connectivity index (χ1n) is 9.60. The van der Waals surface area contributed by atoms with E-state index in [0.29, 0.717) is 31.9 Å². The van der Waals surface area contributed by atoms with Crippen molar-refractivity contribution in [3.05, 3.63) is 81.0 Å². The van der Waals surface area contributed by atoms with Gasteiger partial charge in [-0.25, -0.2) is 4.79 Å². The first-order valence-corrected chi connectivity index (χ1v) is 9.60. The maximum atomic E-state index is 13.0. The molecule has 1 aliphatic heterocycles. The number of methoxy groups -OCH3 is 1. The normalized spacial score (nSPS) is 14.0. The van der Waals surface area contributed by atoms with Crippen molar-refractivity contribution in [3.8, 4) is 5.75 Å². The van der Waals surface area contributed by atoms with Crippen LogP contribution >= 0.6 is 0 Å². The number of anilines is 1. The smallest absolute Gasteiger partial charge is 0.328 e. The third-order valence-electron chi connectivity index (χ3n) is 5.18. The molecule has 3 heterocycles. The zero-order valence-electron chi connectivity index (χ0n) is 16.5. The van der Waals surface area contributed by atoms with Crippen LogP contribution in [0.1, 0.15) is 16.1 Å². The van der Waals surface area contributed by atoms with E-state index in [1.54, 1.807) is 24.1 Å². The summed E-state index contributed by atoms with van der Waals surface area (Å²) in [6.45, 7) is 2.08. The first-order chi connectivity index (χ1) is 14.6. The molecule has 3 aromatic rings. The van der Waals surface area contributed by atoms with E-state index >= 15 is 0 Å². The lowest BCUT2D eigenvalue weighted by molar-refractivity contribution is 0.0743. The van der Waals surface area contributed by atoms with Crippen LogP contribution in [0.4, 0.5) is 5.69 Å². The highest BCUT2D eigenvalue weighted by Gasteiger charge is 2.26. The Kier molecular flexibility index (Phi) is 5.42. The van der Waals surface area contributed by atoms with E-state index in [4.69, 9.17) is 9.15 Å². The Morgan fingerprint density at radius 1 is 1.10 bits per heavy atom. The Hall–Kier alpha value is -3.75. The number of nitrogens with zero attached hydrogens (tertiary/aromatic N) is 3. The quantitative estimate of drug-likeness (QED) is 0.677. The topological polar surface area (TPSA) is 101 Å². The van der Waals surface area contributed by atoms with Crippen molar-refractivity contribution in [2.45, 2.75) is 6.54 Å². The fraction of sp³-hybridized carbons (Fsp3) is 0.286. The number of aromatic amines is 1. The molecule has 4 rings (SSSR count). The minimum absolute atomic E-state index is 0.0378. The van der Waals surface area contributed by atoms with Crippen LogP contribution in [0.15, 0.2) is 62.9 Å². The fourth-order valence-electron chi connectivity index (χ4n) is 3.58.